The van der Waals surface area contributed by atoms with Crippen molar-refractivity contribution in [3.63, 3.8) is 0 Å². The molecule has 2 aromatic carbocycles. The van der Waals surface area contributed by atoms with Crippen molar-refractivity contribution in [3.05, 3.63) is 96.6 Å². The third-order valence-corrected chi connectivity index (χ3v) is 9.57. The van der Waals surface area contributed by atoms with E-state index in [-0.39, 0.29) is 30.3 Å². The zero-order valence-electron chi connectivity index (χ0n) is 27.5. The number of rotatable bonds is 8. The fraction of sp³-hybridized carbons (Fsp3) is 0.278. The number of aryl methyl sites for hydroxylation is 1. The van der Waals surface area contributed by atoms with E-state index in [4.69, 9.17) is 4.74 Å². The van der Waals surface area contributed by atoms with Crippen LogP contribution in [0.2, 0.25) is 0 Å². The molecule has 254 valence electrons. The second-order valence-corrected chi connectivity index (χ2v) is 12.5. The molecular formula is C36H35FN10O3. The van der Waals surface area contributed by atoms with Crippen LogP contribution >= 0.6 is 0 Å². The van der Waals surface area contributed by atoms with Crippen LogP contribution in [-0.2, 0) is 11.3 Å². The predicted molar refractivity (Wildman–Crippen MR) is 185 cm³/mol. The number of nitrogens with zero attached hydrogens (tertiary/aromatic N) is 9. The van der Waals surface area contributed by atoms with Gasteiger partial charge in [-0.05, 0) is 41.8 Å². The van der Waals surface area contributed by atoms with E-state index < -0.39 is 5.82 Å². The van der Waals surface area contributed by atoms with Crippen LogP contribution in [-0.4, -0.2) is 103 Å². The second-order valence-electron chi connectivity index (χ2n) is 12.5. The van der Waals surface area contributed by atoms with Crippen LogP contribution in [0.15, 0.2) is 79.5 Å². The maximum absolute atomic E-state index is 16.7. The largest absolute Gasteiger partial charge is 0.496 e. The second kappa shape index (κ2) is 13.1. The van der Waals surface area contributed by atoms with E-state index in [0.29, 0.717) is 73.7 Å². The monoisotopic (exact) mass is 674 g/mol. The van der Waals surface area contributed by atoms with Gasteiger partial charge in [0.15, 0.2) is 11.5 Å². The number of methoxy groups -OCH3 is 1. The van der Waals surface area contributed by atoms with Crippen LogP contribution in [0.4, 0.5) is 10.1 Å². The summed E-state index contributed by atoms with van der Waals surface area (Å²) >= 11 is 0. The molecule has 6 aromatic rings. The summed E-state index contributed by atoms with van der Waals surface area (Å²) < 4.78 is 25.9. The molecule has 0 radical (unpaired) electrons. The Morgan fingerprint density at radius 1 is 0.940 bits per heavy atom. The highest BCUT2D eigenvalue weighted by Crippen LogP contribution is 2.40. The number of fused-ring (bicyclic) bond motifs is 2. The third-order valence-electron chi connectivity index (χ3n) is 9.57. The van der Waals surface area contributed by atoms with Gasteiger partial charge in [-0.15, -0.1) is 15.3 Å². The zero-order valence-corrected chi connectivity index (χ0v) is 27.5. The molecule has 0 aliphatic carbocycles. The van der Waals surface area contributed by atoms with Crippen molar-refractivity contribution in [1.82, 2.24) is 44.4 Å². The minimum atomic E-state index is -0.463. The van der Waals surface area contributed by atoms with E-state index >= 15 is 4.39 Å². The number of H-pyrrole nitrogens is 1. The molecule has 8 rings (SSSR count). The Balaban J connectivity index is 1.08. The maximum Gasteiger partial charge on any atom is 0.270 e. The standard InChI is InChI=1S/C36H35FN10O3/c1-50-31-7-3-2-6-26(31)28-20-27(24-5-4-11-45(22-24)33(48)9-13-47-14-10-38-42-47)34(37)35-29(28)21-30(40-35)36(49)44-17-15-43(16-18-44)25-8-12-46-23-39-41-32(46)19-25/h2-3,5-8,10,12,14,19-21,23,40H,4,9,11,13,15-18,22H2,1H3. The summed E-state index contributed by atoms with van der Waals surface area (Å²) in [6.45, 7) is 3.53. The number of pyridine rings is 1. The lowest BCUT2D eigenvalue weighted by Crippen LogP contribution is -2.48. The Bertz CT molecular complexity index is 2230. The molecule has 1 saturated heterocycles. The summed E-state index contributed by atoms with van der Waals surface area (Å²) in [5.41, 5.74) is 4.93. The molecule has 1 N–H and O–H groups in total. The molecule has 0 spiro atoms. The Hall–Kier alpha value is -6.05. The van der Waals surface area contributed by atoms with E-state index in [1.165, 1.54) is 0 Å². The fourth-order valence-electron chi connectivity index (χ4n) is 6.91. The van der Waals surface area contributed by atoms with Gasteiger partial charge in [-0.3, -0.25) is 18.7 Å². The molecule has 13 nitrogen and oxygen atoms in total. The van der Waals surface area contributed by atoms with Crippen molar-refractivity contribution in [3.8, 4) is 16.9 Å². The minimum absolute atomic E-state index is 0.0375. The number of ether oxygens (including phenoxy) is 1. The number of amides is 2. The number of para-hydroxylation sites is 1. The van der Waals surface area contributed by atoms with Crippen LogP contribution in [0.25, 0.3) is 33.3 Å². The molecule has 0 unspecified atom stereocenters. The topological polar surface area (TPSA) is 130 Å². The number of hydrogen-bond donors (Lipinski definition) is 1. The van der Waals surface area contributed by atoms with Crippen molar-refractivity contribution < 1.29 is 18.7 Å². The summed E-state index contributed by atoms with van der Waals surface area (Å²) in [5.74, 6) is -0.0656. The van der Waals surface area contributed by atoms with Crippen LogP contribution in [0.1, 0.15) is 28.9 Å². The Kier molecular flexibility index (Phi) is 8.18. The highest BCUT2D eigenvalue weighted by Gasteiger charge is 2.28. The smallest absolute Gasteiger partial charge is 0.270 e. The highest BCUT2D eigenvalue weighted by molar-refractivity contribution is 6.05. The van der Waals surface area contributed by atoms with Crippen LogP contribution in [0.5, 0.6) is 5.75 Å². The van der Waals surface area contributed by atoms with Crippen molar-refractivity contribution in [2.24, 2.45) is 0 Å². The van der Waals surface area contributed by atoms with Gasteiger partial charge >= 0.3 is 0 Å². The molecule has 6 heterocycles. The summed E-state index contributed by atoms with van der Waals surface area (Å²) in [6.07, 6.45) is 9.73. The number of aromatic nitrogens is 7. The molecule has 1 fully saturated rings. The number of nitrogens with one attached hydrogen (secondary N) is 1. The van der Waals surface area contributed by atoms with E-state index in [2.05, 4.69) is 30.4 Å². The summed E-state index contributed by atoms with van der Waals surface area (Å²) in [7, 11) is 1.60. The first-order valence-electron chi connectivity index (χ1n) is 16.6. The quantitative estimate of drug-likeness (QED) is 0.253. The first kappa shape index (κ1) is 31.2. The van der Waals surface area contributed by atoms with Gasteiger partial charge in [-0.25, -0.2) is 4.39 Å². The summed E-state index contributed by atoms with van der Waals surface area (Å²) in [6, 6.07) is 15.1. The molecule has 4 aromatic heterocycles. The van der Waals surface area contributed by atoms with Crippen LogP contribution in [0.3, 0.4) is 0 Å². The van der Waals surface area contributed by atoms with Crippen LogP contribution in [0, 0.1) is 5.82 Å². The van der Waals surface area contributed by atoms with Crippen molar-refractivity contribution >= 4 is 39.6 Å². The van der Waals surface area contributed by atoms with Gasteiger partial charge in [-0.1, -0.05) is 29.5 Å². The Morgan fingerprint density at radius 2 is 1.80 bits per heavy atom. The summed E-state index contributed by atoms with van der Waals surface area (Å²) in [5, 5.41) is 16.4. The molecule has 0 saturated carbocycles. The number of hydrogen-bond acceptors (Lipinski definition) is 8. The van der Waals surface area contributed by atoms with Crippen molar-refractivity contribution in [2.75, 3.05) is 51.3 Å². The molecule has 14 heteroatoms. The SMILES string of the molecule is COc1ccccc1-c1cc(C2=CCCN(C(=O)CCn3ccnn3)C2)c(F)c2[nH]c(C(=O)N3CCN(c4ccn5cnnc5c4)CC3)cc12. The van der Waals surface area contributed by atoms with Crippen molar-refractivity contribution in [1.29, 1.82) is 0 Å². The minimum Gasteiger partial charge on any atom is -0.496 e. The number of piperazine rings is 1. The molecular weight excluding hydrogens is 639 g/mol. The van der Waals surface area contributed by atoms with E-state index in [1.807, 2.05) is 59.1 Å². The zero-order chi connectivity index (χ0) is 34.2. The van der Waals surface area contributed by atoms with E-state index in [0.717, 1.165) is 22.5 Å². The van der Waals surface area contributed by atoms with Crippen molar-refractivity contribution in [2.45, 2.75) is 19.4 Å². The van der Waals surface area contributed by atoms with E-state index in [9.17, 15) is 9.59 Å². The molecule has 50 heavy (non-hydrogen) atoms. The predicted octanol–water partition coefficient (Wildman–Crippen LogP) is 4.29. The number of halogens is 1. The van der Waals surface area contributed by atoms with Gasteiger partial charge in [0.25, 0.3) is 5.91 Å². The lowest BCUT2D eigenvalue weighted by molar-refractivity contribution is -0.131. The number of aromatic amines is 1. The number of anilines is 1. The van der Waals surface area contributed by atoms with Gasteiger partial charge in [0, 0.05) is 86.3 Å². The van der Waals surface area contributed by atoms with Crippen LogP contribution < -0.4 is 9.64 Å². The highest BCUT2D eigenvalue weighted by atomic mass is 19.1. The molecule has 0 atom stereocenters. The first-order chi connectivity index (χ1) is 24.5. The summed E-state index contributed by atoms with van der Waals surface area (Å²) in [4.78, 5) is 36.0. The van der Waals surface area contributed by atoms with Gasteiger partial charge in [0.2, 0.25) is 5.91 Å². The lowest BCUT2D eigenvalue weighted by atomic mass is 9.93. The number of carbonyl (C=O) groups excluding carboxylic acids is 2. The molecule has 2 aliphatic rings. The Morgan fingerprint density at radius 3 is 2.62 bits per heavy atom. The normalized spacial score (nSPS) is 15.2. The van der Waals surface area contributed by atoms with Gasteiger partial charge in [0.05, 0.1) is 25.4 Å². The Labute approximate surface area is 286 Å². The lowest BCUT2D eigenvalue weighted by Gasteiger charge is -2.35. The van der Waals surface area contributed by atoms with Gasteiger partial charge < -0.3 is 24.4 Å². The number of benzene rings is 2. The average molecular weight is 675 g/mol. The fourth-order valence-corrected chi connectivity index (χ4v) is 6.91. The molecule has 2 amide bonds. The maximum atomic E-state index is 16.7. The third kappa shape index (κ3) is 5.82. The average Bonchev–Trinajstić information content (AvgIpc) is 3.96. The van der Waals surface area contributed by atoms with E-state index in [1.54, 1.807) is 46.4 Å². The molecule has 2 aliphatic heterocycles. The first-order valence-corrected chi connectivity index (χ1v) is 16.6. The van der Waals surface area contributed by atoms with Gasteiger partial charge in [0.1, 0.15) is 17.8 Å². The van der Waals surface area contributed by atoms with Gasteiger partial charge in [-0.2, -0.15) is 0 Å². The number of carbonyl (C=O) groups is 2. The molecule has 0 bridgehead atoms.